The number of azo groups is 2. The van der Waals surface area contributed by atoms with Crippen LogP contribution in [-0.2, 0) is 19.2 Å². The highest BCUT2D eigenvalue weighted by atomic mass is 35.5. The van der Waals surface area contributed by atoms with Gasteiger partial charge in [0.15, 0.2) is 23.1 Å². The standard InChI is InChI=1S/C46H42Cl4N8O8/c1-23(47)27-13-7-9-17-31(27)51-43(61)29-15-11-19-33(37(29)49)55-57-39(25(3)59)45(63)53-35-21-22-36(42(66-6)41(35)65-5)54-46(64)40(26(4)60)58-56-34-20-12-16-30(38(34)50)44(62)52-32-18-10-8-14-28(32)24(2)48/h7-24,39-40H,1-6H3,(H,51,61)(H,52,62)(H,53,63)(H,54,64). The molecule has 0 aliphatic rings. The van der Waals surface area contributed by atoms with Crippen LogP contribution >= 0.6 is 46.4 Å². The van der Waals surface area contributed by atoms with E-state index in [1.807, 2.05) is 0 Å². The Bertz CT molecular complexity index is 2560. The maximum absolute atomic E-state index is 13.6. The number of anilines is 4. The summed E-state index contributed by atoms with van der Waals surface area (Å²) in [5.41, 5.74) is 2.47. The summed E-state index contributed by atoms with van der Waals surface area (Å²) in [7, 11) is 2.53. The zero-order valence-electron chi connectivity index (χ0n) is 36.1. The number of alkyl halides is 2. The molecule has 0 aliphatic carbocycles. The molecule has 20 heteroatoms. The first-order valence-electron chi connectivity index (χ1n) is 19.8. The van der Waals surface area contributed by atoms with Crippen LogP contribution in [0.4, 0.5) is 34.1 Å². The van der Waals surface area contributed by atoms with Crippen LogP contribution in [0.2, 0.25) is 10.0 Å². The van der Waals surface area contributed by atoms with Gasteiger partial charge in [0, 0.05) is 11.4 Å². The minimum atomic E-state index is -1.69. The number of amides is 4. The number of halogens is 4. The Morgan fingerprint density at radius 2 is 0.864 bits per heavy atom. The summed E-state index contributed by atoms with van der Waals surface area (Å²) in [5.74, 6) is -4.50. The molecule has 342 valence electrons. The third-order valence-electron chi connectivity index (χ3n) is 9.59. The quantitative estimate of drug-likeness (QED) is 0.0375. The van der Waals surface area contributed by atoms with Crippen LogP contribution in [0, 0.1) is 0 Å². The average Bonchev–Trinajstić information content (AvgIpc) is 3.27. The SMILES string of the molecule is COc1c(NC(=O)C(N=Nc2cccc(C(=O)Nc3ccccc3C(C)Cl)c2Cl)C(C)=O)ccc(NC(=O)C(N=Nc2cccc(C(=O)Nc3ccccc3C(C)Cl)c2Cl)C(C)=O)c1OC. The van der Waals surface area contributed by atoms with Gasteiger partial charge >= 0.3 is 0 Å². The molecule has 0 aromatic heterocycles. The molecular weight excluding hydrogens is 934 g/mol. The van der Waals surface area contributed by atoms with E-state index in [2.05, 4.69) is 41.7 Å². The molecule has 0 aliphatic heterocycles. The molecule has 0 saturated carbocycles. The van der Waals surface area contributed by atoms with Gasteiger partial charge in [0.2, 0.25) is 12.1 Å². The topological polar surface area (TPSA) is 218 Å². The van der Waals surface area contributed by atoms with E-state index in [9.17, 15) is 28.8 Å². The summed E-state index contributed by atoms with van der Waals surface area (Å²) in [6.45, 7) is 5.80. The van der Waals surface area contributed by atoms with Gasteiger partial charge in [-0.3, -0.25) is 28.8 Å². The summed E-state index contributed by atoms with van der Waals surface area (Å²) in [6.07, 6.45) is 0. The highest BCUT2D eigenvalue weighted by molar-refractivity contribution is 6.37. The van der Waals surface area contributed by atoms with Crippen LogP contribution in [0.25, 0.3) is 0 Å². The number of para-hydroxylation sites is 2. The van der Waals surface area contributed by atoms with Gasteiger partial charge in [0.05, 0.1) is 57.5 Å². The van der Waals surface area contributed by atoms with Gasteiger partial charge in [-0.15, -0.1) is 23.2 Å². The zero-order chi connectivity index (χ0) is 48.2. The molecule has 0 bridgehead atoms. The molecule has 0 heterocycles. The molecule has 0 spiro atoms. The smallest absolute Gasteiger partial charge is 0.258 e. The fourth-order valence-corrected chi connectivity index (χ4v) is 7.16. The fourth-order valence-electron chi connectivity index (χ4n) is 6.28. The number of hydrogen-bond donors (Lipinski definition) is 4. The number of carbonyl (C=O) groups is 6. The molecule has 16 nitrogen and oxygen atoms in total. The van der Waals surface area contributed by atoms with Crippen molar-refractivity contribution in [3.8, 4) is 11.5 Å². The molecule has 4 unspecified atom stereocenters. The van der Waals surface area contributed by atoms with Gasteiger partial charge in [-0.05, 0) is 87.4 Å². The van der Waals surface area contributed by atoms with E-state index in [-0.39, 0.29) is 55.4 Å². The van der Waals surface area contributed by atoms with E-state index in [1.165, 1.54) is 62.8 Å². The first kappa shape index (κ1) is 50.3. The number of benzene rings is 5. The van der Waals surface area contributed by atoms with Gasteiger partial charge in [-0.2, -0.15) is 20.5 Å². The second-order valence-electron chi connectivity index (χ2n) is 14.3. The van der Waals surface area contributed by atoms with E-state index in [0.29, 0.717) is 22.5 Å². The Kier molecular flexibility index (Phi) is 17.5. The van der Waals surface area contributed by atoms with Gasteiger partial charge < -0.3 is 30.7 Å². The summed E-state index contributed by atoms with van der Waals surface area (Å²) in [5, 5.41) is 25.8. The van der Waals surface area contributed by atoms with Crippen molar-refractivity contribution in [1.29, 1.82) is 0 Å². The number of ether oxygens (including phenoxy) is 2. The van der Waals surface area contributed by atoms with E-state index in [4.69, 9.17) is 55.9 Å². The second kappa shape index (κ2) is 22.9. The van der Waals surface area contributed by atoms with E-state index in [0.717, 1.165) is 13.8 Å². The predicted molar refractivity (Wildman–Crippen MR) is 255 cm³/mol. The molecule has 4 N–H and O–H groups in total. The number of carbonyl (C=O) groups excluding carboxylic acids is 6. The largest absolute Gasteiger partial charge is 0.491 e. The average molecular weight is 977 g/mol. The van der Waals surface area contributed by atoms with Crippen LogP contribution < -0.4 is 30.7 Å². The highest BCUT2D eigenvalue weighted by Crippen LogP contribution is 2.42. The highest BCUT2D eigenvalue weighted by Gasteiger charge is 2.29. The van der Waals surface area contributed by atoms with Crippen molar-refractivity contribution in [2.45, 2.75) is 50.5 Å². The zero-order valence-corrected chi connectivity index (χ0v) is 39.1. The summed E-state index contributed by atoms with van der Waals surface area (Å²) in [6, 6.07) is 22.2. The van der Waals surface area contributed by atoms with Crippen LogP contribution in [0.1, 0.15) is 70.3 Å². The number of rotatable bonds is 18. The lowest BCUT2D eigenvalue weighted by Crippen LogP contribution is -2.32. The lowest BCUT2D eigenvalue weighted by Gasteiger charge is -2.19. The molecule has 5 aromatic rings. The number of hydrogen-bond acceptors (Lipinski definition) is 12. The van der Waals surface area contributed by atoms with Gasteiger partial charge in [0.1, 0.15) is 11.4 Å². The van der Waals surface area contributed by atoms with E-state index < -0.39 is 58.0 Å². The minimum absolute atomic E-state index is 0.00377. The molecule has 4 atom stereocenters. The predicted octanol–water partition coefficient (Wildman–Crippen LogP) is 11.5. The van der Waals surface area contributed by atoms with Crippen LogP contribution in [-0.4, -0.2) is 61.5 Å². The molecular formula is C46H42Cl4N8O8. The third-order valence-corrected chi connectivity index (χ3v) is 10.9. The first-order valence-corrected chi connectivity index (χ1v) is 21.4. The Balaban J connectivity index is 1.32. The lowest BCUT2D eigenvalue weighted by molar-refractivity contribution is -0.127. The van der Waals surface area contributed by atoms with Crippen molar-refractivity contribution in [3.63, 3.8) is 0 Å². The van der Waals surface area contributed by atoms with Gasteiger partial charge in [-0.1, -0.05) is 71.7 Å². The van der Waals surface area contributed by atoms with E-state index in [1.54, 1.807) is 62.4 Å². The lowest BCUT2D eigenvalue weighted by atomic mass is 10.1. The normalized spacial score (nSPS) is 13.0. The van der Waals surface area contributed by atoms with Crippen LogP contribution in [0.15, 0.2) is 118 Å². The van der Waals surface area contributed by atoms with E-state index >= 15 is 0 Å². The van der Waals surface area contributed by atoms with Crippen molar-refractivity contribution in [1.82, 2.24) is 0 Å². The molecule has 5 rings (SSSR count). The Morgan fingerprint density at radius 1 is 0.500 bits per heavy atom. The molecule has 0 saturated heterocycles. The molecule has 4 amide bonds. The molecule has 0 fully saturated rings. The minimum Gasteiger partial charge on any atom is -0.491 e. The second-order valence-corrected chi connectivity index (χ2v) is 16.3. The Labute approximate surface area is 399 Å². The first-order chi connectivity index (χ1) is 31.5. The Hall–Kier alpha value is -6.72. The van der Waals surface area contributed by atoms with Crippen molar-refractivity contribution in [3.05, 3.63) is 129 Å². The van der Waals surface area contributed by atoms with Crippen molar-refractivity contribution in [2.75, 3.05) is 35.5 Å². The summed E-state index contributed by atoms with van der Waals surface area (Å²) < 4.78 is 11.1. The maximum atomic E-state index is 13.6. The monoisotopic (exact) mass is 974 g/mol. The molecule has 5 aromatic carbocycles. The Morgan fingerprint density at radius 3 is 1.20 bits per heavy atom. The fraction of sp³-hybridized carbons (Fsp3) is 0.217. The molecule has 0 radical (unpaired) electrons. The van der Waals surface area contributed by atoms with Crippen molar-refractivity contribution in [2.24, 2.45) is 20.5 Å². The number of methoxy groups -OCH3 is 2. The van der Waals surface area contributed by atoms with Gasteiger partial charge in [-0.25, -0.2) is 0 Å². The molecule has 66 heavy (non-hydrogen) atoms. The van der Waals surface area contributed by atoms with Gasteiger partial charge in [0.25, 0.3) is 23.6 Å². The maximum Gasteiger partial charge on any atom is 0.258 e. The summed E-state index contributed by atoms with van der Waals surface area (Å²) >= 11 is 25.7. The van der Waals surface area contributed by atoms with Crippen molar-refractivity contribution >= 4 is 116 Å². The van der Waals surface area contributed by atoms with Crippen LogP contribution in [0.5, 0.6) is 11.5 Å². The third kappa shape index (κ3) is 12.1. The van der Waals surface area contributed by atoms with Crippen molar-refractivity contribution < 1.29 is 38.2 Å². The number of Topliss-reactive ketones (excluding diaryl/α,β-unsaturated/α-hetero) is 2. The summed E-state index contributed by atoms with van der Waals surface area (Å²) in [4.78, 5) is 79.1. The number of nitrogens with zero attached hydrogens (tertiary/aromatic N) is 4. The number of ketones is 2. The van der Waals surface area contributed by atoms with Crippen LogP contribution in [0.3, 0.4) is 0 Å². The number of nitrogens with one attached hydrogen (secondary N) is 4.